The number of carbonyl (C=O) groups is 2. The van der Waals surface area contributed by atoms with Crippen LogP contribution in [0.1, 0.15) is 55.2 Å². The van der Waals surface area contributed by atoms with Crippen molar-refractivity contribution in [2.45, 2.75) is 70.5 Å². The molecule has 3 aromatic rings. The summed E-state index contributed by atoms with van der Waals surface area (Å²) in [7, 11) is -3.60. The number of nitrogens with one attached hydrogen (secondary N) is 1. The van der Waals surface area contributed by atoms with E-state index in [0.29, 0.717) is 11.3 Å². The average molecular weight is 594 g/mol. The summed E-state index contributed by atoms with van der Waals surface area (Å²) >= 11 is 0. The Morgan fingerprint density at radius 1 is 0.976 bits per heavy atom. The van der Waals surface area contributed by atoms with Gasteiger partial charge in [0.25, 0.3) is 0 Å². The van der Waals surface area contributed by atoms with Gasteiger partial charge in [-0.2, -0.15) is 0 Å². The van der Waals surface area contributed by atoms with Gasteiger partial charge in [0.1, 0.15) is 11.9 Å². The van der Waals surface area contributed by atoms with Gasteiger partial charge in [-0.05, 0) is 55.5 Å². The first-order valence-electron chi connectivity index (χ1n) is 14.5. The number of hydrogen-bond donors (Lipinski definition) is 1. The van der Waals surface area contributed by atoms with E-state index in [1.807, 2.05) is 43.3 Å². The van der Waals surface area contributed by atoms with Crippen LogP contribution in [0.15, 0.2) is 78.9 Å². The molecule has 0 heterocycles. The van der Waals surface area contributed by atoms with Crippen LogP contribution >= 0.6 is 0 Å². The Bertz CT molecular complexity index is 1460. The third-order valence-electron chi connectivity index (χ3n) is 7.71. The average Bonchev–Trinajstić information content (AvgIpc) is 3.46. The van der Waals surface area contributed by atoms with Gasteiger partial charge < -0.3 is 10.2 Å². The van der Waals surface area contributed by atoms with Crippen LogP contribution in [0.4, 0.5) is 10.1 Å². The normalized spacial score (nSPS) is 14.4. The molecular formula is C33H40FN3O4S. The monoisotopic (exact) mass is 593 g/mol. The molecular weight excluding hydrogens is 553 g/mol. The maximum Gasteiger partial charge on any atom is 0.243 e. The molecule has 0 spiro atoms. The van der Waals surface area contributed by atoms with Gasteiger partial charge in [-0.15, -0.1) is 0 Å². The summed E-state index contributed by atoms with van der Waals surface area (Å²) < 4.78 is 41.4. The van der Waals surface area contributed by atoms with Gasteiger partial charge in [0.15, 0.2) is 0 Å². The molecule has 1 N–H and O–H groups in total. The van der Waals surface area contributed by atoms with Crippen molar-refractivity contribution in [2.24, 2.45) is 0 Å². The van der Waals surface area contributed by atoms with E-state index in [0.717, 1.165) is 43.1 Å². The highest BCUT2D eigenvalue weighted by Crippen LogP contribution is 2.23. The molecule has 1 aliphatic carbocycles. The fourth-order valence-electron chi connectivity index (χ4n) is 5.52. The molecule has 0 bridgehead atoms. The largest absolute Gasteiger partial charge is 0.352 e. The number of halogens is 1. The highest BCUT2D eigenvalue weighted by atomic mass is 32.2. The molecule has 0 saturated heterocycles. The van der Waals surface area contributed by atoms with E-state index < -0.39 is 21.9 Å². The minimum absolute atomic E-state index is 0.00567. The molecule has 7 nitrogen and oxygen atoms in total. The van der Waals surface area contributed by atoms with Crippen LogP contribution in [0.3, 0.4) is 0 Å². The first kappa shape index (κ1) is 31.2. The van der Waals surface area contributed by atoms with Crippen molar-refractivity contribution in [1.29, 1.82) is 0 Å². The Balaban J connectivity index is 1.59. The molecule has 0 aliphatic heterocycles. The molecule has 1 unspecified atom stereocenters. The molecule has 1 atom stereocenters. The van der Waals surface area contributed by atoms with Crippen molar-refractivity contribution in [3.8, 4) is 0 Å². The van der Waals surface area contributed by atoms with Crippen molar-refractivity contribution >= 4 is 27.5 Å². The molecule has 1 aliphatic rings. The standard InChI is InChI=1S/C33H40FN3O4S/c1-25-12-10-18-29(22-25)37(42(2,40)41)21-11-20-32(38)36(24-27-15-6-9-19-30(27)34)31(23-26-13-4-3-5-14-26)33(39)35-28-16-7-8-17-28/h3-6,9-10,12-15,18-19,22,28,31H,7-8,11,16-17,20-21,23-24H2,1-2H3,(H,35,39). The van der Waals surface area contributed by atoms with Crippen LogP contribution in [0.5, 0.6) is 0 Å². The number of anilines is 1. The molecule has 2 amide bonds. The molecule has 4 rings (SSSR count). The lowest BCUT2D eigenvalue weighted by Crippen LogP contribution is -2.52. The molecule has 1 fully saturated rings. The van der Waals surface area contributed by atoms with Crippen molar-refractivity contribution in [3.05, 3.63) is 101 Å². The summed E-state index contributed by atoms with van der Waals surface area (Å²) in [6, 6.07) is 22.1. The fourth-order valence-corrected chi connectivity index (χ4v) is 6.48. The summed E-state index contributed by atoms with van der Waals surface area (Å²) in [6.45, 7) is 1.91. The van der Waals surface area contributed by atoms with E-state index >= 15 is 0 Å². The van der Waals surface area contributed by atoms with Crippen molar-refractivity contribution in [3.63, 3.8) is 0 Å². The fraction of sp³-hybridized carbons (Fsp3) is 0.394. The molecule has 0 radical (unpaired) electrons. The zero-order valence-corrected chi connectivity index (χ0v) is 25.2. The highest BCUT2D eigenvalue weighted by Gasteiger charge is 2.32. The summed E-state index contributed by atoms with van der Waals surface area (Å²) in [4.78, 5) is 29.1. The Hall–Kier alpha value is -3.72. The van der Waals surface area contributed by atoms with Gasteiger partial charge in [-0.1, -0.05) is 73.5 Å². The lowest BCUT2D eigenvalue weighted by atomic mass is 10.0. The van der Waals surface area contributed by atoms with Crippen molar-refractivity contribution in [2.75, 3.05) is 17.1 Å². The van der Waals surface area contributed by atoms with Crippen molar-refractivity contribution in [1.82, 2.24) is 10.2 Å². The van der Waals surface area contributed by atoms with Gasteiger partial charge in [-0.25, -0.2) is 12.8 Å². The molecule has 1 saturated carbocycles. The van der Waals surface area contributed by atoms with E-state index in [2.05, 4.69) is 5.32 Å². The predicted octanol–water partition coefficient (Wildman–Crippen LogP) is 5.38. The molecule has 9 heteroatoms. The second-order valence-corrected chi connectivity index (χ2v) is 13.0. The van der Waals surface area contributed by atoms with Gasteiger partial charge in [-0.3, -0.25) is 13.9 Å². The van der Waals surface area contributed by atoms with Gasteiger partial charge in [0, 0.05) is 37.5 Å². The Labute approximate surface area is 248 Å². The highest BCUT2D eigenvalue weighted by molar-refractivity contribution is 7.92. The van der Waals surface area contributed by atoms with Crippen LogP contribution in [0, 0.1) is 12.7 Å². The molecule has 42 heavy (non-hydrogen) atoms. The molecule has 3 aromatic carbocycles. The lowest BCUT2D eigenvalue weighted by Gasteiger charge is -2.33. The minimum atomic E-state index is -3.60. The van der Waals surface area contributed by atoms with Gasteiger partial charge in [0.05, 0.1) is 11.9 Å². The third-order valence-corrected chi connectivity index (χ3v) is 8.91. The maximum absolute atomic E-state index is 14.8. The Kier molecular flexibility index (Phi) is 10.7. The van der Waals surface area contributed by atoms with Crippen LogP contribution in [0.25, 0.3) is 0 Å². The van der Waals surface area contributed by atoms with E-state index in [9.17, 15) is 22.4 Å². The second kappa shape index (κ2) is 14.4. The van der Waals surface area contributed by atoms with Crippen LogP contribution in [0.2, 0.25) is 0 Å². The number of sulfonamides is 1. The predicted molar refractivity (Wildman–Crippen MR) is 164 cm³/mol. The Morgan fingerprint density at radius 3 is 2.33 bits per heavy atom. The third kappa shape index (κ3) is 8.64. The molecule has 224 valence electrons. The van der Waals surface area contributed by atoms with E-state index in [1.165, 1.54) is 15.3 Å². The van der Waals surface area contributed by atoms with E-state index in [4.69, 9.17) is 0 Å². The number of aryl methyl sites for hydroxylation is 1. The zero-order valence-electron chi connectivity index (χ0n) is 24.3. The van der Waals surface area contributed by atoms with Crippen LogP contribution in [-0.4, -0.2) is 50.0 Å². The number of amides is 2. The minimum Gasteiger partial charge on any atom is -0.352 e. The maximum atomic E-state index is 14.8. The Morgan fingerprint density at radius 2 is 1.67 bits per heavy atom. The first-order chi connectivity index (χ1) is 20.1. The van der Waals surface area contributed by atoms with Crippen molar-refractivity contribution < 1.29 is 22.4 Å². The topological polar surface area (TPSA) is 86.8 Å². The lowest BCUT2D eigenvalue weighted by molar-refractivity contribution is -0.141. The SMILES string of the molecule is Cc1cccc(N(CCCC(=O)N(Cc2ccccc2F)C(Cc2ccccc2)C(=O)NC2CCCC2)S(C)(=O)=O)c1. The van der Waals surface area contributed by atoms with Gasteiger partial charge >= 0.3 is 0 Å². The first-order valence-corrected chi connectivity index (χ1v) is 16.4. The second-order valence-electron chi connectivity index (χ2n) is 11.1. The number of nitrogens with zero attached hydrogens (tertiary/aromatic N) is 2. The summed E-state index contributed by atoms with van der Waals surface area (Å²) in [5, 5.41) is 3.14. The van der Waals surface area contributed by atoms with Crippen LogP contribution < -0.4 is 9.62 Å². The quantitative estimate of drug-likeness (QED) is 0.288. The zero-order chi connectivity index (χ0) is 30.1. The summed E-state index contributed by atoms with van der Waals surface area (Å²) in [5.41, 5.74) is 2.66. The summed E-state index contributed by atoms with van der Waals surface area (Å²) in [5.74, 6) is -1.04. The molecule has 0 aromatic heterocycles. The summed E-state index contributed by atoms with van der Waals surface area (Å²) in [6.07, 6.45) is 5.53. The number of carbonyl (C=O) groups excluding carboxylic acids is 2. The number of benzene rings is 3. The van der Waals surface area contributed by atoms with Crippen LogP contribution in [-0.2, 0) is 32.6 Å². The number of rotatable bonds is 13. The van der Waals surface area contributed by atoms with E-state index in [-0.39, 0.29) is 50.2 Å². The smallest absolute Gasteiger partial charge is 0.243 e. The van der Waals surface area contributed by atoms with E-state index in [1.54, 1.807) is 36.4 Å². The van der Waals surface area contributed by atoms with Gasteiger partial charge in [0.2, 0.25) is 21.8 Å². The number of hydrogen-bond acceptors (Lipinski definition) is 4.